The largest absolute Gasteiger partial charge is 0.497 e. The van der Waals surface area contributed by atoms with Gasteiger partial charge in [-0.3, -0.25) is 19.7 Å². The van der Waals surface area contributed by atoms with Gasteiger partial charge in [-0.1, -0.05) is 36.1 Å². The molecule has 1 saturated heterocycles. The standard InChI is InChI=1S/C22H17N3O5/c1-30-17-7-6-15-11-25(19(27)18(15)10-17)13-22(20(28)23-21(29)24-22)9-8-14-4-2-3-5-16(14)12-26/h2-7,10,12H,11,13H2,1H3,(H2,23,24,28,29). The number of rotatable bonds is 4. The summed E-state index contributed by atoms with van der Waals surface area (Å²) in [5.41, 5.74) is 0.422. The van der Waals surface area contributed by atoms with Crippen LogP contribution in [0.2, 0.25) is 0 Å². The van der Waals surface area contributed by atoms with Crippen molar-refractivity contribution >= 4 is 24.1 Å². The second-order valence-electron chi connectivity index (χ2n) is 6.95. The van der Waals surface area contributed by atoms with E-state index < -0.39 is 17.5 Å². The molecule has 1 unspecified atom stereocenters. The van der Waals surface area contributed by atoms with Gasteiger partial charge in [-0.25, -0.2) is 4.79 Å². The van der Waals surface area contributed by atoms with E-state index in [4.69, 9.17) is 4.74 Å². The Balaban J connectivity index is 1.68. The van der Waals surface area contributed by atoms with Gasteiger partial charge in [0.15, 0.2) is 6.29 Å². The minimum absolute atomic E-state index is 0.142. The van der Waals surface area contributed by atoms with Crippen molar-refractivity contribution in [1.29, 1.82) is 0 Å². The van der Waals surface area contributed by atoms with Crippen molar-refractivity contribution in [3.8, 4) is 17.6 Å². The Kier molecular flexibility index (Phi) is 4.72. The molecule has 1 fully saturated rings. The number of nitrogens with one attached hydrogen (secondary N) is 2. The van der Waals surface area contributed by atoms with Crippen LogP contribution in [-0.2, 0) is 11.3 Å². The highest BCUT2D eigenvalue weighted by molar-refractivity contribution is 6.10. The molecule has 0 saturated carbocycles. The zero-order valence-electron chi connectivity index (χ0n) is 16.0. The van der Waals surface area contributed by atoms with Crippen LogP contribution < -0.4 is 15.4 Å². The molecule has 2 heterocycles. The Hall–Kier alpha value is -4.12. The van der Waals surface area contributed by atoms with Gasteiger partial charge in [-0.05, 0) is 23.8 Å². The third-order valence-corrected chi connectivity index (χ3v) is 5.06. The zero-order chi connectivity index (χ0) is 21.3. The number of amides is 4. The van der Waals surface area contributed by atoms with Crippen molar-refractivity contribution in [2.75, 3.05) is 13.7 Å². The van der Waals surface area contributed by atoms with E-state index >= 15 is 0 Å². The van der Waals surface area contributed by atoms with E-state index in [2.05, 4.69) is 22.5 Å². The third-order valence-electron chi connectivity index (χ3n) is 5.06. The second-order valence-corrected chi connectivity index (χ2v) is 6.95. The molecule has 2 aliphatic rings. The smallest absolute Gasteiger partial charge is 0.323 e. The summed E-state index contributed by atoms with van der Waals surface area (Å²) in [7, 11) is 1.51. The minimum Gasteiger partial charge on any atom is -0.497 e. The molecular weight excluding hydrogens is 386 g/mol. The summed E-state index contributed by atoms with van der Waals surface area (Å²) in [5, 5.41) is 4.72. The number of carbonyl (C=O) groups is 4. The first-order chi connectivity index (χ1) is 14.5. The molecule has 2 aromatic carbocycles. The highest BCUT2D eigenvalue weighted by atomic mass is 16.5. The van der Waals surface area contributed by atoms with Gasteiger partial charge in [0, 0.05) is 23.2 Å². The van der Waals surface area contributed by atoms with Crippen molar-refractivity contribution in [3.05, 3.63) is 64.7 Å². The summed E-state index contributed by atoms with van der Waals surface area (Å²) in [5.74, 6) is 5.22. The molecule has 2 aromatic rings. The maximum atomic E-state index is 12.9. The number of hydrogen-bond donors (Lipinski definition) is 2. The van der Waals surface area contributed by atoms with E-state index in [9.17, 15) is 19.2 Å². The van der Waals surface area contributed by atoms with Gasteiger partial charge >= 0.3 is 6.03 Å². The van der Waals surface area contributed by atoms with E-state index in [0.29, 0.717) is 28.7 Å². The quantitative estimate of drug-likeness (QED) is 0.452. The maximum absolute atomic E-state index is 12.9. The molecule has 30 heavy (non-hydrogen) atoms. The van der Waals surface area contributed by atoms with Crippen LogP contribution in [0.3, 0.4) is 0 Å². The Morgan fingerprint density at radius 1 is 1.20 bits per heavy atom. The highest BCUT2D eigenvalue weighted by Crippen LogP contribution is 2.28. The highest BCUT2D eigenvalue weighted by Gasteiger charge is 2.48. The molecule has 0 aromatic heterocycles. The van der Waals surface area contributed by atoms with Crippen molar-refractivity contribution < 1.29 is 23.9 Å². The zero-order valence-corrected chi connectivity index (χ0v) is 16.0. The lowest BCUT2D eigenvalue weighted by Gasteiger charge is -2.26. The summed E-state index contributed by atoms with van der Waals surface area (Å²) < 4.78 is 5.17. The predicted octanol–water partition coefficient (Wildman–Crippen LogP) is 1.09. The number of urea groups is 1. The summed E-state index contributed by atoms with van der Waals surface area (Å²) in [6.07, 6.45) is 0.665. The van der Waals surface area contributed by atoms with E-state index in [1.165, 1.54) is 12.0 Å². The van der Waals surface area contributed by atoms with Crippen LogP contribution >= 0.6 is 0 Å². The number of fused-ring (bicyclic) bond motifs is 1. The van der Waals surface area contributed by atoms with Gasteiger partial charge in [-0.2, -0.15) is 0 Å². The van der Waals surface area contributed by atoms with Gasteiger partial charge in [0.25, 0.3) is 11.8 Å². The number of imide groups is 1. The van der Waals surface area contributed by atoms with Crippen LogP contribution in [0.5, 0.6) is 5.75 Å². The third kappa shape index (κ3) is 3.26. The molecule has 0 aliphatic carbocycles. The lowest BCUT2D eigenvalue weighted by atomic mass is 9.98. The number of hydrogen-bond acceptors (Lipinski definition) is 5. The Bertz CT molecular complexity index is 1150. The summed E-state index contributed by atoms with van der Waals surface area (Å²) >= 11 is 0. The molecule has 8 nitrogen and oxygen atoms in total. The number of methoxy groups -OCH3 is 1. The van der Waals surface area contributed by atoms with Crippen LogP contribution in [0.1, 0.15) is 31.8 Å². The van der Waals surface area contributed by atoms with Crippen molar-refractivity contribution in [2.45, 2.75) is 12.1 Å². The number of nitrogens with zero attached hydrogens (tertiary/aromatic N) is 1. The first-order valence-electron chi connectivity index (χ1n) is 9.13. The van der Waals surface area contributed by atoms with Crippen molar-refractivity contribution in [1.82, 2.24) is 15.5 Å². The Morgan fingerprint density at radius 3 is 2.70 bits per heavy atom. The molecule has 4 amide bonds. The maximum Gasteiger partial charge on any atom is 0.323 e. The summed E-state index contributed by atoms with van der Waals surface area (Å²) in [6.45, 7) is 0.131. The van der Waals surface area contributed by atoms with Gasteiger partial charge in [0.2, 0.25) is 5.54 Å². The van der Waals surface area contributed by atoms with Crippen LogP contribution in [0.25, 0.3) is 0 Å². The number of benzene rings is 2. The van der Waals surface area contributed by atoms with Gasteiger partial charge in [0.05, 0.1) is 13.7 Å². The number of ether oxygens (including phenoxy) is 1. The molecule has 2 N–H and O–H groups in total. The normalized spacial score (nSPS) is 19.5. The van der Waals surface area contributed by atoms with Crippen LogP contribution in [0.15, 0.2) is 42.5 Å². The van der Waals surface area contributed by atoms with E-state index in [-0.39, 0.29) is 19.0 Å². The van der Waals surface area contributed by atoms with Crippen molar-refractivity contribution in [2.24, 2.45) is 0 Å². The SMILES string of the molecule is COc1ccc2c(c1)C(=O)N(CC1(C#Cc3ccccc3C=O)NC(=O)NC1=O)C2. The fourth-order valence-corrected chi connectivity index (χ4v) is 3.50. The lowest BCUT2D eigenvalue weighted by Crippen LogP contribution is -2.54. The topological polar surface area (TPSA) is 105 Å². The predicted molar refractivity (Wildman–Crippen MR) is 106 cm³/mol. The minimum atomic E-state index is -1.63. The van der Waals surface area contributed by atoms with Gasteiger partial charge < -0.3 is 15.0 Å². The number of carbonyl (C=O) groups excluding carboxylic acids is 4. The average molecular weight is 403 g/mol. The molecule has 4 rings (SSSR count). The van der Waals surface area contributed by atoms with Crippen LogP contribution in [0.4, 0.5) is 4.79 Å². The molecule has 8 heteroatoms. The van der Waals surface area contributed by atoms with Gasteiger partial charge in [0.1, 0.15) is 5.75 Å². The molecule has 0 bridgehead atoms. The lowest BCUT2D eigenvalue weighted by molar-refractivity contribution is -0.122. The fraction of sp³-hybridized carbons (Fsp3) is 0.182. The molecule has 150 valence electrons. The van der Waals surface area contributed by atoms with Crippen molar-refractivity contribution in [3.63, 3.8) is 0 Å². The average Bonchev–Trinajstić information content (AvgIpc) is 3.21. The second kappa shape index (κ2) is 7.37. The van der Waals surface area contributed by atoms with Gasteiger partial charge in [-0.15, -0.1) is 0 Å². The molecule has 2 aliphatic heterocycles. The summed E-state index contributed by atoms with van der Waals surface area (Å²) in [4.78, 5) is 50.1. The van der Waals surface area contributed by atoms with Crippen LogP contribution in [0, 0.1) is 11.8 Å². The molecular formula is C22H17N3O5. The molecule has 0 radical (unpaired) electrons. The monoisotopic (exact) mass is 403 g/mol. The molecule has 1 atom stereocenters. The Labute approximate surface area is 172 Å². The fourth-order valence-electron chi connectivity index (χ4n) is 3.50. The molecule has 0 spiro atoms. The first kappa shape index (κ1) is 19.2. The van der Waals surface area contributed by atoms with E-state index in [1.807, 2.05) is 0 Å². The first-order valence-corrected chi connectivity index (χ1v) is 9.13. The van der Waals surface area contributed by atoms with E-state index in [1.54, 1.807) is 42.5 Å². The number of aldehydes is 1. The summed E-state index contributed by atoms with van der Waals surface area (Å²) in [6, 6.07) is 11.2. The van der Waals surface area contributed by atoms with E-state index in [0.717, 1.165) is 5.56 Å². The Morgan fingerprint density at radius 2 is 2.00 bits per heavy atom. The van der Waals surface area contributed by atoms with Crippen LogP contribution in [-0.4, -0.2) is 48.2 Å².